The van der Waals surface area contributed by atoms with Gasteiger partial charge in [-0.3, -0.25) is 19.2 Å². The molecular formula is C16H30N4O5S. The third-order valence-electron chi connectivity index (χ3n) is 3.70. The second-order valence-corrected chi connectivity index (χ2v) is 7.40. The van der Waals surface area contributed by atoms with Crippen LogP contribution in [0.4, 0.5) is 0 Å². The molecule has 6 N–H and O–H groups in total. The van der Waals surface area contributed by atoms with E-state index in [0.717, 1.165) is 5.75 Å². The van der Waals surface area contributed by atoms with E-state index in [2.05, 4.69) is 16.0 Å². The molecule has 150 valence electrons. The van der Waals surface area contributed by atoms with E-state index in [4.69, 9.17) is 10.8 Å². The number of hydrogen-bond acceptors (Lipinski definition) is 6. The Morgan fingerprint density at radius 3 is 1.92 bits per heavy atom. The fourth-order valence-corrected chi connectivity index (χ4v) is 2.43. The van der Waals surface area contributed by atoms with E-state index >= 15 is 0 Å². The quantitative estimate of drug-likeness (QED) is 0.313. The van der Waals surface area contributed by atoms with Crippen LogP contribution in [0.15, 0.2) is 0 Å². The molecule has 0 saturated carbocycles. The number of hydrogen-bond donors (Lipinski definition) is 5. The predicted molar refractivity (Wildman–Crippen MR) is 101 cm³/mol. The minimum absolute atomic E-state index is 0.272. The summed E-state index contributed by atoms with van der Waals surface area (Å²) in [7, 11) is 0. The molecule has 0 aromatic heterocycles. The van der Waals surface area contributed by atoms with Gasteiger partial charge in [-0.05, 0) is 38.2 Å². The Morgan fingerprint density at radius 1 is 0.923 bits per heavy atom. The van der Waals surface area contributed by atoms with Crippen molar-refractivity contribution in [3.05, 3.63) is 0 Å². The topological polar surface area (TPSA) is 151 Å². The minimum Gasteiger partial charge on any atom is -0.480 e. The molecule has 0 saturated heterocycles. The number of aliphatic carboxylic acids is 1. The second-order valence-electron chi connectivity index (χ2n) is 6.42. The maximum atomic E-state index is 12.3. The van der Waals surface area contributed by atoms with Crippen molar-refractivity contribution in [2.24, 2.45) is 11.7 Å². The standard InChI is InChI=1S/C16H30N4O5S/c1-8(2)12(15(23)19-10(4)16(24)25)20-13(21)9(3)18-14(22)11(17)6-7-26-5/h8-12H,6-7,17H2,1-5H3,(H,18,22)(H,19,23)(H,20,21)(H,24,25). The molecule has 0 aliphatic carbocycles. The monoisotopic (exact) mass is 390 g/mol. The first-order valence-electron chi connectivity index (χ1n) is 8.39. The molecule has 10 heteroatoms. The molecule has 0 bridgehead atoms. The van der Waals surface area contributed by atoms with Crippen molar-refractivity contribution in [3.63, 3.8) is 0 Å². The van der Waals surface area contributed by atoms with Crippen molar-refractivity contribution in [1.82, 2.24) is 16.0 Å². The summed E-state index contributed by atoms with van der Waals surface area (Å²) in [5.41, 5.74) is 5.76. The van der Waals surface area contributed by atoms with Crippen molar-refractivity contribution in [1.29, 1.82) is 0 Å². The van der Waals surface area contributed by atoms with Crippen LogP contribution in [0.2, 0.25) is 0 Å². The van der Waals surface area contributed by atoms with Crippen LogP contribution in [0.5, 0.6) is 0 Å². The normalized spacial score (nSPS) is 15.5. The molecule has 9 nitrogen and oxygen atoms in total. The Balaban J connectivity index is 4.77. The molecule has 4 unspecified atom stereocenters. The average Bonchev–Trinajstić information content (AvgIpc) is 2.56. The van der Waals surface area contributed by atoms with Crippen LogP contribution < -0.4 is 21.7 Å². The molecular weight excluding hydrogens is 360 g/mol. The lowest BCUT2D eigenvalue weighted by molar-refractivity contribution is -0.142. The van der Waals surface area contributed by atoms with Gasteiger partial charge in [0.25, 0.3) is 0 Å². The van der Waals surface area contributed by atoms with Crippen molar-refractivity contribution < 1.29 is 24.3 Å². The Bertz CT molecular complexity index is 515. The summed E-state index contributed by atoms with van der Waals surface area (Å²) >= 11 is 1.57. The largest absolute Gasteiger partial charge is 0.480 e. The Kier molecular flexibility index (Phi) is 10.9. The molecule has 0 aliphatic heterocycles. The number of carboxylic acid groups (broad SMARTS) is 1. The summed E-state index contributed by atoms with van der Waals surface area (Å²) in [5, 5.41) is 16.3. The lowest BCUT2D eigenvalue weighted by Gasteiger charge is -2.25. The SMILES string of the molecule is CSCCC(N)C(=O)NC(C)C(=O)NC(C(=O)NC(C)C(=O)O)C(C)C. The zero-order chi connectivity index (χ0) is 20.4. The van der Waals surface area contributed by atoms with Gasteiger partial charge in [0.15, 0.2) is 0 Å². The fraction of sp³-hybridized carbons (Fsp3) is 0.750. The van der Waals surface area contributed by atoms with Crippen LogP contribution in [0.1, 0.15) is 34.1 Å². The zero-order valence-corrected chi connectivity index (χ0v) is 16.7. The molecule has 0 aromatic rings. The third-order valence-corrected chi connectivity index (χ3v) is 4.34. The Hall–Kier alpha value is -1.81. The molecule has 0 heterocycles. The van der Waals surface area contributed by atoms with Gasteiger partial charge in [-0.25, -0.2) is 0 Å². The lowest BCUT2D eigenvalue weighted by atomic mass is 10.0. The molecule has 0 radical (unpaired) electrons. The molecule has 0 aliphatic rings. The van der Waals surface area contributed by atoms with Crippen LogP contribution >= 0.6 is 11.8 Å². The molecule has 3 amide bonds. The first-order chi connectivity index (χ1) is 12.0. The van der Waals surface area contributed by atoms with Crippen molar-refractivity contribution in [2.45, 2.75) is 58.3 Å². The summed E-state index contributed by atoms with van der Waals surface area (Å²) in [5.74, 6) is -2.30. The highest BCUT2D eigenvalue weighted by atomic mass is 32.2. The van der Waals surface area contributed by atoms with Crippen LogP contribution in [0, 0.1) is 5.92 Å². The lowest BCUT2D eigenvalue weighted by Crippen LogP contribution is -2.57. The highest BCUT2D eigenvalue weighted by molar-refractivity contribution is 7.98. The number of nitrogens with one attached hydrogen (secondary N) is 3. The summed E-state index contributed by atoms with van der Waals surface area (Å²) in [6.45, 7) is 6.26. The summed E-state index contributed by atoms with van der Waals surface area (Å²) in [4.78, 5) is 47.3. The zero-order valence-electron chi connectivity index (χ0n) is 15.9. The predicted octanol–water partition coefficient (Wildman–Crippen LogP) is -0.698. The molecule has 4 atom stereocenters. The van der Waals surface area contributed by atoms with E-state index in [9.17, 15) is 19.2 Å². The van der Waals surface area contributed by atoms with E-state index < -0.39 is 47.9 Å². The van der Waals surface area contributed by atoms with Gasteiger partial charge in [-0.15, -0.1) is 0 Å². The van der Waals surface area contributed by atoms with Gasteiger partial charge in [-0.2, -0.15) is 11.8 Å². The average molecular weight is 391 g/mol. The maximum absolute atomic E-state index is 12.3. The van der Waals surface area contributed by atoms with Gasteiger partial charge in [0.2, 0.25) is 17.7 Å². The van der Waals surface area contributed by atoms with Crippen LogP contribution in [-0.4, -0.2) is 65.0 Å². The smallest absolute Gasteiger partial charge is 0.325 e. The maximum Gasteiger partial charge on any atom is 0.325 e. The first kappa shape index (κ1) is 24.2. The van der Waals surface area contributed by atoms with Gasteiger partial charge < -0.3 is 26.8 Å². The molecule has 26 heavy (non-hydrogen) atoms. The second kappa shape index (κ2) is 11.7. The van der Waals surface area contributed by atoms with Crippen molar-refractivity contribution >= 4 is 35.5 Å². The van der Waals surface area contributed by atoms with Gasteiger partial charge >= 0.3 is 5.97 Å². The van der Waals surface area contributed by atoms with Crippen LogP contribution in [0.25, 0.3) is 0 Å². The molecule has 0 fully saturated rings. The molecule has 0 aromatic carbocycles. The third kappa shape index (κ3) is 8.52. The minimum atomic E-state index is -1.17. The van der Waals surface area contributed by atoms with Crippen LogP contribution in [-0.2, 0) is 19.2 Å². The van der Waals surface area contributed by atoms with Crippen molar-refractivity contribution in [2.75, 3.05) is 12.0 Å². The first-order valence-corrected chi connectivity index (χ1v) is 9.79. The highest BCUT2D eigenvalue weighted by Gasteiger charge is 2.29. The number of amides is 3. The Morgan fingerprint density at radius 2 is 1.46 bits per heavy atom. The van der Waals surface area contributed by atoms with E-state index in [1.165, 1.54) is 13.8 Å². The number of thioether (sulfide) groups is 1. The molecule has 0 spiro atoms. The number of carbonyl (C=O) groups is 4. The van der Waals surface area contributed by atoms with E-state index in [0.29, 0.717) is 6.42 Å². The van der Waals surface area contributed by atoms with Gasteiger partial charge in [0, 0.05) is 0 Å². The van der Waals surface area contributed by atoms with Gasteiger partial charge in [0.05, 0.1) is 6.04 Å². The van der Waals surface area contributed by atoms with Crippen LogP contribution in [0.3, 0.4) is 0 Å². The summed E-state index contributed by atoms with van der Waals surface area (Å²) < 4.78 is 0. The van der Waals surface area contributed by atoms with E-state index in [1.54, 1.807) is 25.6 Å². The highest BCUT2D eigenvalue weighted by Crippen LogP contribution is 2.04. The van der Waals surface area contributed by atoms with E-state index in [-0.39, 0.29) is 5.92 Å². The number of rotatable bonds is 11. The summed E-state index contributed by atoms with van der Waals surface area (Å²) in [6.07, 6.45) is 2.40. The number of nitrogens with two attached hydrogens (primary N) is 1. The molecule has 0 rings (SSSR count). The Labute approximate surface area is 158 Å². The van der Waals surface area contributed by atoms with Crippen molar-refractivity contribution in [3.8, 4) is 0 Å². The van der Waals surface area contributed by atoms with E-state index in [1.807, 2.05) is 6.26 Å². The number of carboxylic acids is 1. The summed E-state index contributed by atoms with van der Waals surface area (Å²) in [6, 6.07) is -3.59. The fourth-order valence-electron chi connectivity index (χ4n) is 1.94. The van der Waals surface area contributed by atoms with Gasteiger partial charge in [-0.1, -0.05) is 13.8 Å². The number of carbonyl (C=O) groups excluding carboxylic acids is 3. The van der Waals surface area contributed by atoms with Gasteiger partial charge in [0.1, 0.15) is 18.1 Å².